The standard InChI is InChI=1S/C10H16N2O4/c1-3-16-9(14)4-5-12-6-8(13)11-10(15)7(12)2/h7H,3-6H2,1-2H3,(H,11,13,15). The first-order valence-electron chi connectivity index (χ1n) is 5.28. The van der Waals surface area contributed by atoms with Gasteiger partial charge in [0, 0.05) is 6.54 Å². The van der Waals surface area contributed by atoms with Crippen LogP contribution in [0.5, 0.6) is 0 Å². The molecule has 0 aromatic rings. The van der Waals surface area contributed by atoms with Gasteiger partial charge >= 0.3 is 5.97 Å². The highest BCUT2D eigenvalue weighted by Gasteiger charge is 2.30. The Labute approximate surface area is 93.9 Å². The highest BCUT2D eigenvalue weighted by Crippen LogP contribution is 2.05. The zero-order valence-electron chi connectivity index (χ0n) is 9.49. The first-order chi connectivity index (χ1) is 7.54. The van der Waals surface area contributed by atoms with Crippen LogP contribution in [0.4, 0.5) is 0 Å². The molecule has 2 amide bonds. The summed E-state index contributed by atoms with van der Waals surface area (Å²) in [7, 11) is 0. The second-order valence-electron chi connectivity index (χ2n) is 3.61. The van der Waals surface area contributed by atoms with E-state index in [2.05, 4.69) is 5.32 Å². The molecule has 90 valence electrons. The molecule has 0 radical (unpaired) electrons. The van der Waals surface area contributed by atoms with Gasteiger partial charge in [-0.15, -0.1) is 0 Å². The van der Waals surface area contributed by atoms with Crippen LogP contribution in [0, 0.1) is 0 Å². The lowest BCUT2D eigenvalue weighted by Crippen LogP contribution is -2.57. The summed E-state index contributed by atoms with van der Waals surface area (Å²) in [6, 6.07) is -0.382. The van der Waals surface area contributed by atoms with E-state index in [0.717, 1.165) is 0 Å². The summed E-state index contributed by atoms with van der Waals surface area (Å²) in [4.78, 5) is 35.2. The number of piperazine rings is 1. The van der Waals surface area contributed by atoms with Crippen molar-refractivity contribution in [2.75, 3.05) is 19.7 Å². The van der Waals surface area contributed by atoms with Crippen molar-refractivity contribution in [2.24, 2.45) is 0 Å². The summed E-state index contributed by atoms with van der Waals surface area (Å²) in [6.45, 7) is 4.28. The molecule has 6 heteroatoms. The third kappa shape index (κ3) is 3.30. The van der Waals surface area contributed by atoms with E-state index in [0.29, 0.717) is 13.2 Å². The van der Waals surface area contributed by atoms with Gasteiger partial charge in [0.25, 0.3) is 0 Å². The highest BCUT2D eigenvalue weighted by atomic mass is 16.5. The maximum absolute atomic E-state index is 11.3. The van der Waals surface area contributed by atoms with Crippen molar-refractivity contribution in [3.05, 3.63) is 0 Å². The summed E-state index contributed by atoms with van der Waals surface area (Å²) in [5.74, 6) is -0.958. The fraction of sp³-hybridized carbons (Fsp3) is 0.700. The topological polar surface area (TPSA) is 75.7 Å². The molecule has 1 heterocycles. The predicted octanol–water partition coefficient (Wildman–Crippen LogP) is -0.713. The zero-order valence-corrected chi connectivity index (χ0v) is 9.49. The number of esters is 1. The van der Waals surface area contributed by atoms with Gasteiger partial charge in [-0.2, -0.15) is 0 Å². The summed E-state index contributed by atoms with van der Waals surface area (Å²) < 4.78 is 4.77. The van der Waals surface area contributed by atoms with Crippen molar-refractivity contribution in [1.82, 2.24) is 10.2 Å². The molecule has 16 heavy (non-hydrogen) atoms. The average Bonchev–Trinajstić information content (AvgIpc) is 2.21. The van der Waals surface area contributed by atoms with Crippen LogP contribution in [0.25, 0.3) is 0 Å². The van der Waals surface area contributed by atoms with Crippen LogP contribution in [0.15, 0.2) is 0 Å². The number of amides is 2. The fourth-order valence-corrected chi connectivity index (χ4v) is 1.51. The van der Waals surface area contributed by atoms with Crippen LogP contribution in [0.1, 0.15) is 20.3 Å². The Morgan fingerprint density at radius 2 is 2.25 bits per heavy atom. The largest absolute Gasteiger partial charge is 0.466 e. The normalized spacial score (nSPS) is 21.8. The van der Waals surface area contributed by atoms with Gasteiger partial charge in [-0.25, -0.2) is 0 Å². The molecule has 1 N–H and O–H groups in total. The average molecular weight is 228 g/mol. The molecule has 1 rings (SSSR count). The van der Waals surface area contributed by atoms with E-state index in [1.54, 1.807) is 18.7 Å². The summed E-state index contributed by atoms with van der Waals surface area (Å²) in [5, 5.41) is 2.24. The Morgan fingerprint density at radius 3 is 2.88 bits per heavy atom. The van der Waals surface area contributed by atoms with Gasteiger partial charge in [0.15, 0.2) is 0 Å². The SMILES string of the molecule is CCOC(=O)CCN1CC(=O)NC(=O)C1C. The van der Waals surface area contributed by atoms with E-state index in [1.165, 1.54) is 0 Å². The summed E-state index contributed by atoms with van der Waals surface area (Å²) >= 11 is 0. The molecule has 0 aromatic heterocycles. The zero-order chi connectivity index (χ0) is 12.1. The lowest BCUT2D eigenvalue weighted by atomic mass is 10.2. The molecule has 0 bridgehead atoms. The summed E-state index contributed by atoms with van der Waals surface area (Å²) in [6.07, 6.45) is 0.193. The van der Waals surface area contributed by atoms with E-state index in [9.17, 15) is 14.4 Å². The molecule has 6 nitrogen and oxygen atoms in total. The molecule has 1 aliphatic rings. The lowest BCUT2D eigenvalue weighted by molar-refractivity contribution is -0.146. The maximum atomic E-state index is 11.3. The van der Waals surface area contributed by atoms with Gasteiger partial charge in [-0.3, -0.25) is 24.6 Å². The Morgan fingerprint density at radius 1 is 1.56 bits per heavy atom. The first-order valence-corrected chi connectivity index (χ1v) is 5.28. The molecule has 1 aliphatic heterocycles. The number of carbonyl (C=O) groups is 3. The minimum absolute atomic E-state index is 0.145. The van der Waals surface area contributed by atoms with E-state index >= 15 is 0 Å². The second-order valence-corrected chi connectivity index (χ2v) is 3.61. The fourth-order valence-electron chi connectivity index (χ4n) is 1.51. The highest BCUT2D eigenvalue weighted by molar-refractivity contribution is 6.00. The lowest BCUT2D eigenvalue weighted by Gasteiger charge is -2.31. The molecule has 0 aromatic carbocycles. The van der Waals surface area contributed by atoms with Crippen LogP contribution in [0.2, 0.25) is 0 Å². The number of imide groups is 1. The van der Waals surface area contributed by atoms with Crippen molar-refractivity contribution in [1.29, 1.82) is 0 Å². The molecule has 1 atom stereocenters. The monoisotopic (exact) mass is 228 g/mol. The number of rotatable bonds is 4. The Hall–Kier alpha value is -1.43. The van der Waals surface area contributed by atoms with E-state index in [4.69, 9.17) is 4.74 Å². The molecule has 1 saturated heterocycles. The summed E-state index contributed by atoms with van der Waals surface area (Å²) in [5.41, 5.74) is 0. The molecule has 0 aliphatic carbocycles. The van der Waals surface area contributed by atoms with E-state index in [1.807, 2.05) is 0 Å². The quantitative estimate of drug-likeness (QED) is 0.508. The predicted molar refractivity (Wildman–Crippen MR) is 55.4 cm³/mol. The maximum Gasteiger partial charge on any atom is 0.307 e. The molecule has 0 spiro atoms. The van der Waals surface area contributed by atoms with E-state index < -0.39 is 0 Å². The van der Waals surface area contributed by atoms with Crippen LogP contribution in [-0.4, -0.2) is 48.4 Å². The number of nitrogens with zero attached hydrogens (tertiary/aromatic N) is 1. The molecule has 1 unspecified atom stereocenters. The van der Waals surface area contributed by atoms with Crippen LogP contribution < -0.4 is 5.32 Å². The number of hydrogen-bond donors (Lipinski definition) is 1. The molecule has 1 fully saturated rings. The van der Waals surface area contributed by atoms with Gasteiger partial charge in [0.05, 0.1) is 25.6 Å². The van der Waals surface area contributed by atoms with Gasteiger partial charge in [-0.05, 0) is 13.8 Å². The van der Waals surface area contributed by atoms with Crippen LogP contribution in [-0.2, 0) is 19.1 Å². The van der Waals surface area contributed by atoms with Crippen LogP contribution >= 0.6 is 0 Å². The number of hydrogen-bond acceptors (Lipinski definition) is 5. The van der Waals surface area contributed by atoms with Crippen molar-refractivity contribution in [3.63, 3.8) is 0 Å². The first kappa shape index (κ1) is 12.6. The minimum atomic E-state index is -0.382. The second kappa shape index (κ2) is 5.60. The van der Waals surface area contributed by atoms with Gasteiger partial charge < -0.3 is 4.74 Å². The molecular weight excluding hydrogens is 212 g/mol. The minimum Gasteiger partial charge on any atom is -0.466 e. The molecular formula is C10H16N2O4. The number of nitrogens with one attached hydrogen (secondary N) is 1. The third-order valence-corrected chi connectivity index (χ3v) is 2.44. The Bertz CT molecular complexity index is 303. The number of carbonyl (C=O) groups excluding carboxylic acids is 3. The van der Waals surface area contributed by atoms with Crippen molar-refractivity contribution in [2.45, 2.75) is 26.3 Å². The third-order valence-electron chi connectivity index (χ3n) is 2.44. The van der Waals surface area contributed by atoms with Crippen molar-refractivity contribution in [3.8, 4) is 0 Å². The van der Waals surface area contributed by atoms with Gasteiger partial charge in [-0.1, -0.05) is 0 Å². The Balaban J connectivity index is 2.43. The van der Waals surface area contributed by atoms with Crippen LogP contribution in [0.3, 0.4) is 0 Å². The van der Waals surface area contributed by atoms with Crippen molar-refractivity contribution < 1.29 is 19.1 Å². The van der Waals surface area contributed by atoms with Gasteiger partial charge in [0.1, 0.15) is 0 Å². The van der Waals surface area contributed by atoms with Gasteiger partial charge in [0.2, 0.25) is 11.8 Å². The number of ether oxygens (including phenoxy) is 1. The van der Waals surface area contributed by atoms with E-state index in [-0.39, 0.29) is 36.8 Å². The molecule has 0 saturated carbocycles. The van der Waals surface area contributed by atoms with Crippen molar-refractivity contribution >= 4 is 17.8 Å². The smallest absolute Gasteiger partial charge is 0.307 e. The Kier molecular flexibility index (Phi) is 4.42.